The van der Waals surface area contributed by atoms with Gasteiger partial charge in [0.05, 0.1) is 5.44 Å². The highest BCUT2D eigenvalue weighted by Gasteiger charge is 1.82. The molecule has 0 aromatic carbocycles. The van der Waals surface area contributed by atoms with Gasteiger partial charge in [-0.2, -0.15) is 0 Å². The first-order valence-corrected chi connectivity index (χ1v) is 1.94. The summed E-state index contributed by atoms with van der Waals surface area (Å²) in [5, 5.41) is 8.16. The second kappa shape index (κ2) is 2.54. The molecule has 1 N–H and O–H groups in total. The van der Waals surface area contributed by atoms with Gasteiger partial charge in [0.25, 0.3) is 0 Å². The molecule has 0 aliphatic rings. The van der Waals surface area contributed by atoms with Crippen molar-refractivity contribution >= 4 is 12.6 Å². The van der Waals surface area contributed by atoms with E-state index in [0.717, 1.165) is 0 Å². The number of hydrogen-bond donors (Lipinski definition) is 2. The molecule has 1 atom stereocenters. The van der Waals surface area contributed by atoms with Crippen LogP contribution in [0.25, 0.3) is 0 Å². The second-order valence-corrected chi connectivity index (χ2v) is 1.37. The van der Waals surface area contributed by atoms with Crippen molar-refractivity contribution in [1.29, 1.82) is 0 Å². The summed E-state index contributed by atoms with van der Waals surface area (Å²) in [7, 11) is 0. The number of thiol groups is 1. The zero-order chi connectivity index (χ0) is 4.28. The van der Waals surface area contributed by atoms with Crippen LogP contribution in [0.15, 0.2) is 0 Å². The molecule has 0 aliphatic heterocycles. The average molecular weight is 91.2 g/mol. The monoisotopic (exact) mass is 91.0 g/mol. The molecule has 5 heavy (non-hydrogen) atoms. The molecule has 0 spiro atoms. The first-order chi connectivity index (χ1) is 2.27. The van der Waals surface area contributed by atoms with Crippen molar-refractivity contribution in [3.05, 3.63) is 6.92 Å². The summed E-state index contributed by atoms with van der Waals surface area (Å²) >= 11 is 3.59. The third-order valence-corrected chi connectivity index (χ3v) is 0.516. The van der Waals surface area contributed by atoms with E-state index >= 15 is 0 Å². The van der Waals surface area contributed by atoms with E-state index in [1.54, 1.807) is 0 Å². The quantitative estimate of drug-likeness (QED) is 0.355. The molecule has 0 saturated carbocycles. The van der Waals surface area contributed by atoms with Crippen molar-refractivity contribution in [1.82, 2.24) is 0 Å². The average Bonchev–Trinajstić information content (AvgIpc) is 1.38. The number of rotatable bonds is 1. The maximum absolute atomic E-state index is 8.16. The van der Waals surface area contributed by atoms with E-state index in [9.17, 15) is 0 Å². The van der Waals surface area contributed by atoms with Crippen LogP contribution in [-0.4, -0.2) is 10.5 Å². The lowest BCUT2D eigenvalue weighted by Gasteiger charge is -1.89. The molecular weight excluding hydrogens is 84.1 g/mol. The minimum Gasteiger partial charge on any atom is -0.383 e. The fourth-order valence-electron chi connectivity index (χ4n) is 0. The smallest absolute Gasteiger partial charge is 0.0964 e. The molecule has 1 nitrogen and oxygen atoms in total. The lowest BCUT2D eigenvalue weighted by atomic mass is 10.5. The van der Waals surface area contributed by atoms with Crippen LogP contribution in [0.1, 0.15) is 6.42 Å². The van der Waals surface area contributed by atoms with Gasteiger partial charge in [-0.25, -0.2) is 0 Å². The third-order valence-electron chi connectivity index (χ3n) is 0.258. The SMILES string of the molecule is [CH2]CC(O)S. The molecule has 0 heterocycles. The molecule has 31 valence electrons. The van der Waals surface area contributed by atoms with E-state index in [0.29, 0.717) is 6.42 Å². The summed E-state index contributed by atoms with van der Waals surface area (Å²) in [5.74, 6) is 0. The summed E-state index contributed by atoms with van der Waals surface area (Å²) in [6, 6.07) is 0. The maximum atomic E-state index is 8.16. The van der Waals surface area contributed by atoms with Crippen molar-refractivity contribution in [2.24, 2.45) is 0 Å². The first kappa shape index (κ1) is 5.31. The number of aliphatic hydroxyl groups is 1. The Bertz CT molecular complexity index is 20.9. The molecule has 1 unspecified atom stereocenters. The molecule has 0 aromatic heterocycles. The lowest BCUT2D eigenvalue weighted by Crippen LogP contribution is -1.88. The van der Waals surface area contributed by atoms with Crippen LogP contribution in [0.5, 0.6) is 0 Å². The van der Waals surface area contributed by atoms with Crippen molar-refractivity contribution in [2.45, 2.75) is 11.9 Å². The van der Waals surface area contributed by atoms with Crippen molar-refractivity contribution in [2.75, 3.05) is 0 Å². The van der Waals surface area contributed by atoms with E-state index in [4.69, 9.17) is 5.11 Å². The van der Waals surface area contributed by atoms with Crippen molar-refractivity contribution in [3.63, 3.8) is 0 Å². The van der Waals surface area contributed by atoms with Crippen LogP contribution in [0.2, 0.25) is 0 Å². The molecule has 0 aromatic rings. The maximum Gasteiger partial charge on any atom is 0.0964 e. The van der Waals surface area contributed by atoms with E-state index in [1.165, 1.54) is 0 Å². The summed E-state index contributed by atoms with van der Waals surface area (Å²) in [6.07, 6.45) is 0.475. The zero-order valence-corrected chi connectivity index (χ0v) is 3.78. The Balaban J connectivity index is 2.54. The highest BCUT2D eigenvalue weighted by molar-refractivity contribution is 7.80. The first-order valence-electron chi connectivity index (χ1n) is 1.42. The zero-order valence-electron chi connectivity index (χ0n) is 2.89. The molecule has 2 heteroatoms. The summed E-state index contributed by atoms with van der Waals surface area (Å²) in [6.45, 7) is 3.36. The topological polar surface area (TPSA) is 20.2 Å². The highest BCUT2D eigenvalue weighted by Crippen LogP contribution is 1.89. The van der Waals surface area contributed by atoms with Gasteiger partial charge < -0.3 is 5.11 Å². The van der Waals surface area contributed by atoms with Gasteiger partial charge in [0.15, 0.2) is 0 Å². The molecule has 0 saturated heterocycles. The van der Waals surface area contributed by atoms with E-state index in [1.807, 2.05) is 0 Å². The fourth-order valence-corrected chi connectivity index (χ4v) is 0. The molecule has 0 amide bonds. The normalized spacial score (nSPS) is 15.0. The molecule has 0 aliphatic carbocycles. The van der Waals surface area contributed by atoms with Gasteiger partial charge in [0.1, 0.15) is 0 Å². The van der Waals surface area contributed by atoms with Crippen LogP contribution in [-0.2, 0) is 0 Å². The lowest BCUT2D eigenvalue weighted by molar-refractivity contribution is 0.269. The van der Waals surface area contributed by atoms with Gasteiger partial charge in [-0.1, -0.05) is 0 Å². The van der Waals surface area contributed by atoms with Gasteiger partial charge in [-0.15, -0.1) is 12.6 Å². The Morgan fingerprint density at radius 1 is 2.00 bits per heavy atom. The molecule has 1 radical (unpaired) electrons. The fraction of sp³-hybridized carbons (Fsp3) is 0.667. The third kappa shape index (κ3) is 4.31. The van der Waals surface area contributed by atoms with Gasteiger partial charge >= 0.3 is 0 Å². The highest BCUT2D eigenvalue weighted by atomic mass is 32.1. The Morgan fingerprint density at radius 2 is 2.20 bits per heavy atom. The number of hydrogen-bond acceptors (Lipinski definition) is 2. The standard InChI is InChI=1S/C3H7OS/c1-2-3(4)5/h3-5H,1-2H2. The molecular formula is C3H7OS. The van der Waals surface area contributed by atoms with Gasteiger partial charge in [-0.05, 0) is 13.3 Å². The predicted molar refractivity (Wildman–Crippen MR) is 25.0 cm³/mol. The Morgan fingerprint density at radius 3 is 2.20 bits per heavy atom. The summed E-state index contributed by atoms with van der Waals surface area (Å²) in [5.41, 5.74) is -0.532. The van der Waals surface area contributed by atoms with Crippen LogP contribution in [0.4, 0.5) is 0 Å². The van der Waals surface area contributed by atoms with Crippen LogP contribution >= 0.6 is 12.6 Å². The van der Waals surface area contributed by atoms with E-state index < -0.39 is 5.44 Å². The number of aliphatic hydroxyl groups excluding tert-OH is 1. The Labute approximate surface area is 37.4 Å². The molecule has 0 fully saturated rings. The van der Waals surface area contributed by atoms with Crippen molar-refractivity contribution in [3.8, 4) is 0 Å². The minimum atomic E-state index is -0.532. The van der Waals surface area contributed by atoms with E-state index in [2.05, 4.69) is 19.6 Å². The molecule has 0 bridgehead atoms. The van der Waals surface area contributed by atoms with E-state index in [-0.39, 0.29) is 0 Å². The van der Waals surface area contributed by atoms with Crippen molar-refractivity contribution < 1.29 is 5.11 Å². The van der Waals surface area contributed by atoms with Crippen LogP contribution in [0, 0.1) is 6.92 Å². The second-order valence-electron chi connectivity index (χ2n) is 0.769. The summed E-state index contributed by atoms with van der Waals surface area (Å²) < 4.78 is 0. The van der Waals surface area contributed by atoms with Gasteiger partial charge in [0, 0.05) is 0 Å². The van der Waals surface area contributed by atoms with Crippen LogP contribution < -0.4 is 0 Å². The Kier molecular flexibility index (Phi) is 2.70. The van der Waals surface area contributed by atoms with Gasteiger partial charge in [-0.3, -0.25) is 0 Å². The van der Waals surface area contributed by atoms with Gasteiger partial charge in [0.2, 0.25) is 0 Å². The summed E-state index contributed by atoms with van der Waals surface area (Å²) in [4.78, 5) is 0. The molecule has 0 rings (SSSR count). The minimum absolute atomic E-state index is 0.475. The van der Waals surface area contributed by atoms with Crippen LogP contribution in [0.3, 0.4) is 0 Å². The predicted octanol–water partition coefficient (Wildman–Crippen LogP) is 0.459. The largest absolute Gasteiger partial charge is 0.383 e. The Hall–Kier alpha value is 0.310.